The zero-order valence-corrected chi connectivity index (χ0v) is 15.3. The number of carbonyl (C=O) groups is 1. The number of nitrogens with zero attached hydrogens (tertiary/aromatic N) is 3. The molecule has 2 aromatic heterocycles. The second-order valence-corrected chi connectivity index (χ2v) is 6.42. The van der Waals surface area contributed by atoms with Gasteiger partial charge in [-0.25, -0.2) is 0 Å². The highest BCUT2D eigenvalue weighted by atomic mass is 16.5. The largest absolute Gasteiger partial charge is 0.378 e. The van der Waals surface area contributed by atoms with Gasteiger partial charge >= 0.3 is 0 Å². The van der Waals surface area contributed by atoms with E-state index in [0.717, 1.165) is 49.1 Å². The summed E-state index contributed by atoms with van der Waals surface area (Å²) in [4.78, 5) is 23.0. The number of benzene rings is 1. The number of hydrogen-bond donors (Lipinski definition) is 2. The van der Waals surface area contributed by atoms with E-state index in [1.807, 2.05) is 36.4 Å². The van der Waals surface area contributed by atoms with Gasteiger partial charge in [-0.1, -0.05) is 0 Å². The number of anilines is 4. The molecule has 1 aromatic carbocycles. The Morgan fingerprint density at radius 2 is 1.64 bits per heavy atom. The first kappa shape index (κ1) is 17.9. The topological polar surface area (TPSA) is 79.4 Å². The molecule has 1 amide bonds. The van der Waals surface area contributed by atoms with E-state index in [4.69, 9.17) is 4.74 Å². The highest BCUT2D eigenvalue weighted by Crippen LogP contribution is 2.20. The second-order valence-electron chi connectivity index (χ2n) is 6.42. The quantitative estimate of drug-likeness (QED) is 0.712. The second kappa shape index (κ2) is 8.49. The molecule has 7 nitrogen and oxygen atoms in total. The van der Waals surface area contributed by atoms with E-state index in [1.165, 1.54) is 0 Å². The first-order chi connectivity index (χ1) is 13.8. The van der Waals surface area contributed by atoms with Crippen molar-refractivity contribution >= 4 is 28.7 Å². The lowest BCUT2D eigenvalue weighted by Gasteiger charge is -2.28. The normalized spacial score (nSPS) is 13.8. The summed E-state index contributed by atoms with van der Waals surface area (Å²) in [7, 11) is 0. The number of aromatic nitrogens is 2. The molecular weight excluding hydrogens is 354 g/mol. The third-order valence-electron chi connectivity index (χ3n) is 4.47. The minimum absolute atomic E-state index is 0.204. The summed E-state index contributed by atoms with van der Waals surface area (Å²) in [6, 6.07) is 13.3. The minimum Gasteiger partial charge on any atom is -0.378 e. The van der Waals surface area contributed by atoms with Crippen LogP contribution in [0.5, 0.6) is 0 Å². The van der Waals surface area contributed by atoms with Gasteiger partial charge in [0.25, 0.3) is 5.91 Å². The van der Waals surface area contributed by atoms with Gasteiger partial charge in [0.05, 0.1) is 30.7 Å². The Labute approximate surface area is 163 Å². The van der Waals surface area contributed by atoms with Crippen molar-refractivity contribution in [2.75, 3.05) is 41.8 Å². The van der Waals surface area contributed by atoms with Gasteiger partial charge in [-0.3, -0.25) is 14.8 Å². The molecular formula is C21H21N5O2. The molecule has 0 radical (unpaired) electrons. The molecule has 0 spiro atoms. The number of amides is 1. The lowest BCUT2D eigenvalue weighted by atomic mass is 10.2. The van der Waals surface area contributed by atoms with Gasteiger partial charge in [-0.2, -0.15) is 0 Å². The molecule has 0 atom stereocenters. The van der Waals surface area contributed by atoms with Crippen molar-refractivity contribution in [2.24, 2.45) is 0 Å². The molecule has 142 valence electrons. The van der Waals surface area contributed by atoms with Crippen LogP contribution in [0.3, 0.4) is 0 Å². The zero-order valence-electron chi connectivity index (χ0n) is 15.3. The van der Waals surface area contributed by atoms with E-state index in [9.17, 15) is 4.79 Å². The Kier molecular flexibility index (Phi) is 5.44. The number of ether oxygens (including phenoxy) is 1. The van der Waals surface area contributed by atoms with Crippen molar-refractivity contribution < 1.29 is 9.53 Å². The number of morpholine rings is 1. The average Bonchev–Trinajstić information content (AvgIpc) is 2.76. The fraction of sp³-hybridized carbons (Fsp3) is 0.190. The maximum absolute atomic E-state index is 12.6. The third-order valence-corrected chi connectivity index (χ3v) is 4.47. The number of nitrogens with one attached hydrogen (secondary N) is 2. The van der Waals surface area contributed by atoms with Crippen molar-refractivity contribution in [1.29, 1.82) is 0 Å². The summed E-state index contributed by atoms with van der Waals surface area (Å²) < 4.78 is 5.38. The average molecular weight is 375 g/mol. The van der Waals surface area contributed by atoms with E-state index in [2.05, 4.69) is 25.5 Å². The van der Waals surface area contributed by atoms with Gasteiger partial charge in [0.15, 0.2) is 0 Å². The van der Waals surface area contributed by atoms with E-state index < -0.39 is 0 Å². The first-order valence-corrected chi connectivity index (χ1v) is 9.14. The summed E-state index contributed by atoms with van der Waals surface area (Å²) in [6.07, 6.45) is 6.63. The van der Waals surface area contributed by atoms with Gasteiger partial charge in [0.1, 0.15) is 0 Å². The number of carbonyl (C=O) groups excluding carboxylic acids is 1. The van der Waals surface area contributed by atoms with E-state index in [0.29, 0.717) is 5.56 Å². The fourth-order valence-electron chi connectivity index (χ4n) is 3.01. The lowest BCUT2D eigenvalue weighted by Crippen LogP contribution is -2.36. The molecule has 0 aliphatic carbocycles. The van der Waals surface area contributed by atoms with Crippen molar-refractivity contribution in [3.8, 4) is 0 Å². The zero-order chi connectivity index (χ0) is 19.2. The highest BCUT2D eigenvalue weighted by molar-refractivity contribution is 6.04. The minimum atomic E-state index is -0.204. The van der Waals surface area contributed by atoms with E-state index >= 15 is 0 Å². The molecule has 1 aliphatic heterocycles. The monoisotopic (exact) mass is 375 g/mol. The van der Waals surface area contributed by atoms with Gasteiger partial charge < -0.3 is 20.3 Å². The Balaban J connectivity index is 1.41. The molecule has 0 saturated carbocycles. The maximum Gasteiger partial charge on any atom is 0.257 e. The van der Waals surface area contributed by atoms with Crippen molar-refractivity contribution in [3.05, 3.63) is 72.8 Å². The van der Waals surface area contributed by atoms with Crippen LogP contribution in [-0.2, 0) is 4.74 Å². The van der Waals surface area contributed by atoms with Crippen molar-refractivity contribution in [3.63, 3.8) is 0 Å². The van der Waals surface area contributed by atoms with E-state index in [-0.39, 0.29) is 5.91 Å². The summed E-state index contributed by atoms with van der Waals surface area (Å²) in [5, 5.41) is 6.13. The van der Waals surface area contributed by atoms with E-state index in [1.54, 1.807) is 30.9 Å². The Bertz CT molecular complexity index is 925. The summed E-state index contributed by atoms with van der Waals surface area (Å²) in [5.74, 6) is -0.204. The number of hydrogen-bond acceptors (Lipinski definition) is 6. The Morgan fingerprint density at radius 1 is 0.893 bits per heavy atom. The lowest BCUT2D eigenvalue weighted by molar-refractivity contribution is 0.102. The Hall–Kier alpha value is -3.45. The molecule has 3 heterocycles. The number of rotatable bonds is 5. The van der Waals surface area contributed by atoms with Crippen LogP contribution in [0.4, 0.5) is 22.7 Å². The van der Waals surface area contributed by atoms with Gasteiger partial charge in [0, 0.05) is 48.7 Å². The smallest absolute Gasteiger partial charge is 0.257 e. The predicted octanol–water partition coefficient (Wildman–Crippen LogP) is 3.31. The van der Waals surface area contributed by atoms with Crippen molar-refractivity contribution in [2.45, 2.75) is 0 Å². The van der Waals surface area contributed by atoms with Crippen molar-refractivity contribution in [1.82, 2.24) is 9.97 Å². The van der Waals surface area contributed by atoms with Crippen LogP contribution in [-0.4, -0.2) is 42.2 Å². The fourth-order valence-corrected chi connectivity index (χ4v) is 3.01. The van der Waals surface area contributed by atoms with Gasteiger partial charge in [-0.15, -0.1) is 0 Å². The standard InChI is InChI=1S/C21H21N5O2/c27-21(16-13-19(15-23-14-16)24-18-5-7-22-8-6-18)25-17-1-3-20(4-2-17)26-9-11-28-12-10-26/h1-8,13-15H,9-12H2,(H,22,24)(H,25,27). The summed E-state index contributed by atoms with van der Waals surface area (Å²) in [6.45, 7) is 3.26. The Morgan fingerprint density at radius 3 is 2.39 bits per heavy atom. The highest BCUT2D eigenvalue weighted by Gasteiger charge is 2.12. The van der Waals surface area contributed by atoms with Crippen LogP contribution in [0.2, 0.25) is 0 Å². The maximum atomic E-state index is 12.6. The van der Waals surface area contributed by atoms with Gasteiger partial charge in [-0.05, 0) is 42.5 Å². The van der Waals surface area contributed by atoms with Crippen LogP contribution in [0.15, 0.2) is 67.3 Å². The van der Waals surface area contributed by atoms with Crippen LogP contribution >= 0.6 is 0 Å². The third kappa shape index (κ3) is 4.44. The SMILES string of the molecule is O=C(Nc1ccc(N2CCOCC2)cc1)c1cncc(Nc2ccncc2)c1. The molecule has 1 saturated heterocycles. The molecule has 3 aromatic rings. The van der Waals surface area contributed by atoms with Crippen LogP contribution < -0.4 is 15.5 Å². The predicted molar refractivity (Wildman–Crippen MR) is 109 cm³/mol. The molecule has 0 unspecified atom stereocenters. The molecule has 0 bridgehead atoms. The molecule has 4 rings (SSSR count). The molecule has 1 fully saturated rings. The molecule has 7 heteroatoms. The number of pyridine rings is 2. The van der Waals surface area contributed by atoms with Crippen LogP contribution in [0.1, 0.15) is 10.4 Å². The first-order valence-electron chi connectivity index (χ1n) is 9.14. The molecule has 28 heavy (non-hydrogen) atoms. The van der Waals surface area contributed by atoms with Crippen LogP contribution in [0, 0.1) is 0 Å². The molecule has 2 N–H and O–H groups in total. The van der Waals surface area contributed by atoms with Gasteiger partial charge in [0.2, 0.25) is 0 Å². The molecule has 1 aliphatic rings. The summed E-state index contributed by atoms with van der Waals surface area (Å²) in [5.41, 5.74) is 3.98. The van der Waals surface area contributed by atoms with Crippen LogP contribution in [0.25, 0.3) is 0 Å². The summed E-state index contributed by atoms with van der Waals surface area (Å²) >= 11 is 0.